The van der Waals surface area contributed by atoms with Crippen LogP contribution in [0.25, 0.3) is 11.2 Å². The molecule has 0 saturated carbocycles. The summed E-state index contributed by atoms with van der Waals surface area (Å²) in [5.41, 5.74) is 1.23. The molecule has 0 radical (unpaired) electrons. The molecule has 3 aromatic heterocycles. The quantitative estimate of drug-likeness (QED) is 0.701. The minimum atomic E-state index is 0.220. The van der Waals surface area contributed by atoms with Gasteiger partial charge in [0.2, 0.25) is 11.8 Å². The van der Waals surface area contributed by atoms with E-state index in [0.717, 1.165) is 0 Å². The van der Waals surface area contributed by atoms with Crippen LogP contribution < -0.4 is 4.74 Å². The number of aromatic amines is 1. The van der Waals surface area contributed by atoms with Gasteiger partial charge in [-0.15, -0.1) is 0 Å². The molecule has 0 aliphatic heterocycles. The minimum Gasteiger partial charge on any atom is -0.466 e. The molecule has 0 atom stereocenters. The van der Waals surface area contributed by atoms with Gasteiger partial charge in [0.15, 0.2) is 12.3 Å². The number of rotatable bonds is 3. The maximum Gasteiger partial charge on any atom is 0.243 e. The molecule has 16 heavy (non-hydrogen) atoms. The topological polar surface area (TPSA) is 89.7 Å². The average molecular weight is 217 g/mol. The van der Waals surface area contributed by atoms with Crippen LogP contribution >= 0.6 is 0 Å². The molecule has 0 fully saturated rings. The summed E-state index contributed by atoms with van der Waals surface area (Å²) < 4.78 is 10.5. The zero-order valence-electron chi connectivity index (χ0n) is 8.12. The van der Waals surface area contributed by atoms with Gasteiger partial charge < -0.3 is 14.1 Å². The van der Waals surface area contributed by atoms with Crippen molar-refractivity contribution < 1.29 is 9.15 Å². The Morgan fingerprint density at radius 3 is 3.12 bits per heavy atom. The summed E-state index contributed by atoms with van der Waals surface area (Å²) in [7, 11) is 0. The third kappa shape index (κ3) is 1.48. The van der Waals surface area contributed by atoms with Gasteiger partial charge in [-0.1, -0.05) is 0 Å². The van der Waals surface area contributed by atoms with Gasteiger partial charge >= 0.3 is 0 Å². The van der Waals surface area contributed by atoms with Crippen molar-refractivity contribution in [3.8, 4) is 5.88 Å². The predicted octanol–water partition coefficient (Wildman–Crippen LogP) is 0.920. The van der Waals surface area contributed by atoms with Crippen LogP contribution in [0.15, 0.2) is 29.5 Å². The van der Waals surface area contributed by atoms with Crippen LogP contribution in [-0.2, 0) is 6.61 Å². The van der Waals surface area contributed by atoms with Crippen LogP contribution in [0.2, 0.25) is 0 Å². The molecule has 0 amide bonds. The van der Waals surface area contributed by atoms with Gasteiger partial charge in [-0.25, -0.2) is 15.0 Å². The zero-order chi connectivity index (χ0) is 10.8. The molecule has 3 heterocycles. The van der Waals surface area contributed by atoms with E-state index in [9.17, 15) is 0 Å². The standard InChI is InChI=1S/C9H7N5O2/c1-2-15-6(10-1)3-16-9-7-8(12-4-11-7)13-5-14-9/h1-2,4-5H,3H2,(H,11,12,13,14). The van der Waals surface area contributed by atoms with Gasteiger partial charge in [0, 0.05) is 0 Å². The third-order valence-electron chi connectivity index (χ3n) is 2.00. The predicted molar refractivity (Wildman–Crippen MR) is 52.5 cm³/mol. The summed E-state index contributed by atoms with van der Waals surface area (Å²) in [5.74, 6) is 0.923. The van der Waals surface area contributed by atoms with E-state index in [1.165, 1.54) is 18.9 Å². The van der Waals surface area contributed by atoms with E-state index < -0.39 is 0 Å². The molecule has 3 rings (SSSR count). The minimum absolute atomic E-state index is 0.220. The summed E-state index contributed by atoms with van der Waals surface area (Å²) in [6.45, 7) is 0.220. The molecule has 0 aliphatic carbocycles. The SMILES string of the molecule is c1coc(COc2ncnc3nc[nH]c23)n1. The Morgan fingerprint density at radius 1 is 1.25 bits per heavy atom. The molecule has 3 aromatic rings. The highest BCUT2D eigenvalue weighted by Crippen LogP contribution is 2.17. The number of aromatic nitrogens is 5. The van der Waals surface area contributed by atoms with Crippen molar-refractivity contribution >= 4 is 11.2 Å². The summed E-state index contributed by atoms with van der Waals surface area (Å²) >= 11 is 0. The van der Waals surface area contributed by atoms with Crippen molar-refractivity contribution in [2.75, 3.05) is 0 Å². The number of hydrogen-bond donors (Lipinski definition) is 1. The van der Waals surface area contributed by atoms with E-state index in [2.05, 4.69) is 24.9 Å². The fraction of sp³-hybridized carbons (Fsp3) is 0.111. The lowest BCUT2D eigenvalue weighted by Crippen LogP contribution is -1.98. The van der Waals surface area contributed by atoms with Crippen molar-refractivity contribution in [1.29, 1.82) is 0 Å². The van der Waals surface area contributed by atoms with Crippen molar-refractivity contribution in [2.45, 2.75) is 6.61 Å². The fourth-order valence-electron chi connectivity index (χ4n) is 1.31. The summed E-state index contributed by atoms with van der Waals surface area (Å²) in [4.78, 5) is 18.8. The van der Waals surface area contributed by atoms with E-state index in [4.69, 9.17) is 9.15 Å². The van der Waals surface area contributed by atoms with E-state index in [-0.39, 0.29) is 6.61 Å². The number of ether oxygens (including phenoxy) is 1. The number of nitrogens with zero attached hydrogens (tertiary/aromatic N) is 4. The maximum absolute atomic E-state index is 5.44. The van der Waals surface area contributed by atoms with Crippen LogP contribution in [-0.4, -0.2) is 24.9 Å². The first-order valence-corrected chi connectivity index (χ1v) is 4.59. The summed E-state index contributed by atoms with van der Waals surface area (Å²) in [6, 6.07) is 0. The molecule has 7 nitrogen and oxygen atoms in total. The second-order valence-corrected chi connectivity index (χ2v) is 2.99. The van der Waals surface area contributed by atoms with Crippen molar-refractivity contribution in [3.05, 3.63) is 31.0 Å². The molecule has 0 saturated heterocycles. The Morgan fingerprint density at radius 2 is 2.25 bits per heavy atom. The number of fused-ring (bicyclic) bond motifs is 1. The molecule has 0 bridgehead atoms. The highest BCUT2D eigenvalue weighted by atomic mass is 16.5. The summed E-state index contributed by atoms with van der Waals surface area (Å²) in [6.07, 6.45) is 5.99. The Hall–Kier alpha value is -2.44. The molecule has 80 valence electrons. The molecule has 0 unspecified atom stereocenters. The number of nitrogens with one attached hydrogen (secondary N) is 1. The largest absolute Gasteiger partial charge is 0.466 e. The highest BCUT2D eigenvalue weighted by Gasteiger charge is 2.07. The number of H-pyrrole nitrogens is 1. The molecule has 0 aliphatic rings. The van der Waals surface area contributed by atoms with Crippen molar-refractivity contribution in [3.63, 3.8) is 0 Å². The van der Waals surface area contributed by atoms with Crippen LogP contribution in [0.1, 0.15) is 5.89 Å². The van der Waals surface area contributed by atoms with Gasteiger partial charge in [-0.2, -0.15) is 4.98 Å². The van der Waals surface area contributed by atoms with Gasteiger partial charge in [-0.05, 0) is 0 Å². The second kappa shape index (κ2) is 3.61. The highest BCUT2D eigenvalue weighted by molar-refractivity contribution is 5.74. The number of oxazole rings is 1. The van der Waals surface area contributed by atoms with E-state index in [1.54, 1.807) is 6.20 Å². The van der Waals surface area contributed by atoms with Crippen molar-refractivity contribution in [1.82, 2.24) is 24.9 Å². The molecule has 7 heteroatoms. The zero-order valence-corrected chi connectivity index (χ0v) is 8.12. The van der Waals surface area contributed by atoms with E-state index in [0.29, 0.717) is 22.9 Å². The van der Waals surface area contributed by atoms with Crippen LogP contribution in [0.3, 0.4) is 0 Å². The Labute approximate surface area is 89.5 Å². The van der Waals surface area contributed by atoms with Gasteiger partial charge in [-0.3, -0.25) is 0 Å². The Balaban J connectivity index is 1.86. The first kappa shape index (κ1) is 8.84. The van der Waals surface area contributed by atoms with Crippen LogP contribution in [0.4, 0.5) is 0 Å². The van der Waals surface area contributed by atoms with Crippen LogP contribution in [0.5, 0.6) is 5.88 Å². The first-order valence-electron chi connectivity index (χ1n) is 4.59. The molecule has 0 spiro atoms. The van der Waals surface area contributed by atoms with Gasteiger partial charge in [0.1, 0.15) is 18.1 Å². The fourth-order valence-corrected chi connectivity index (χ4v) is 1.31. The molecular formula is C9H7N5O2. The van der Waals surface area contributed by atoms with E-state index >= 15 is 0 Å². The first-order chi connectivity index (χ1) is 7.93. The monoisotopic (exact) mass is 217 g/mol. The van der Waals surface area contributed by atoms with Gasteiger partial charge in [0.05, 0.1) is 12.5 Å². The average Bonchev–Trinajstić information content (AvgIpc) is 2.97. The molecular weight excluding hydrogens is 210 g/mol. The third-order valence-corrected chi connectivity index (χ3v) is 2.00. The maximum atomic E-state index is 5.44. The van der Waals surface area contributed by atoms with Crippen LogP contribution in [0, 0.1) is 0 Å². The summed E-state index contributed by atoms with van der Waals surface area (Å²) in [5, 5.41) is 0. The van der Waals surface area contributed by atoms with E-state index in [1.807, 2.05) is 0 Å². The lowest BCUT2D eigenvalue weighted by atomic mass is 10.5. The number of hydrogen-bond acceptors (Lipinski definition) is 6. The Bertz CT molecular complexity index is 589. The second-order valence-electron chi connectivity index (χ2n) is 2.99. The Kier molecular flexibility index (Phi) is 1.99. The number of imidazole rings is 1. The molecule has 0 aromatic carbocycles. The van der Waals surface area contributed by atoms with Crippen molar-refractivity contribution in [2.24, 2.45) is 0 Å². The lowest BCUT2D eigenvalue weighted by molar-refractivity contribution is 0.256. The normalized spacial score (nSPS) is 10.8. The smallest absolute Gasteiger partial charge is 0.243 e. The lowest BCUT2D eigenvalue weighted by Gasteiger charge is -2.01. The molecule has 1 N–H and O–H groups in total. The van der Waals surface area contributed by atoms with Gasteiger partial charge in [0.25, 0.3) is 0 Å².